The summed E-state index contributed by atoms with van der Waals surface area (Å²) >= 11 is 0. The molecule has 1 aromatic heterocycles. The third-order valence-electron chi connectivity index (χ3n) is 6.42. The van der Waals surface area contributed by atoms with Gasteiger partial charge in [0.2, 0.25) is 5.72 Å². The zero-order valence-electron chi connectivity index (χ0n) is 23.6. The Balaban J connectivity index is 1.71. The maximum atomic E-state index is 14.4. The normalized spacial score (nSPS) is 23.5. The topological polar surface area (TPSA) is 227 Å². The van der Waals surface area contributed by atoms with Gasteiger partial charge in [-0.25, -0.2) is 9.36 Å². The van der Waals surface area contributed by atoms with Gasteiger partial charge in [0.05, 0.1) is 12.7 Å². The third-order valence-corrected chi connectivity index (χ3v) is 8.16. The smallest absolute Gasteiger partial charge is 0.459 e. The van der Waals surface area contributed by atoms with Gasteiger partial charge in [-0.3, -0.25) is 23.7 Å². The van der Waals surface area contributed by atoms with Gasteiger partial charge in [0.25, 0.3) is 5.56 Å². The summed E-state index contributed by atoms with van der Waals surface area (Å²) in [6.07, 6.45) is -5.04. The zero-order chi connectivity index (χ0) is 31.6. The molecule has 1 unspecified atom stereocenters. The Kier molecular flexibility index (Phi) is 9.13. The molecule has 230 valence electrons. The van der Waals surface area contributed by atoms with Gasteiger partial charge in [0.1, 0.15) is 23.5 Å². The lowest BCUT2D eigenvalue weighted by Crippen LogP contribution is -2.49. The molecule has 43 heavy (non-hydrogen) atoms. The molecule has 3 aromatic rings. The number of fused-ring (bicyclic) bond motifs is 1. The van der Waals surface area contributed by atoms with Gasteiger partial charge in [0, 0.05) is 22.6 Å². The van der Waals surface area contributed by atoms with Crippen molar-refractivity contribution in [2.45, 2.75) is 63.5 Å². The number of carbonyl (C=O) groups is 1. The van der Waals surface area contributed by atoms with E-state index in [1.807, 2.05) is 4.98 Å². The van der Waals surface area contributed by atoms with Crippen LogP contribution in [0.15, 0.2) is 69.4 Å². The van der Waals surface area contributed by atoms with Crippen LogP contribution >= 0.6 is 7.75 Å². The van der Waals surface area contributed by atoms with Crippen LogP contribution < -0.4 is 20.9 Å². The number of aromatic amines is 1. The highest BCUT2D eigenvalue weighted by molar-refractivity contribution is 7.52. The van der Waals surface area contributed by atoms with Crippen LogP contribution in [0.2, 0.25) is 0 Å². The van der Waals surface area contributed by atoms with Crippen LogP contribution in [-0.2, 0) is 23.4 Å². The van der Waals surface area contributed by atoms with Gasteiger partial charge < -0.3 is 24.2 Å². The van der Waals surface area contributed by atoms with Crippen LogP contribution in [0.5, 0.6) is 5.75 Å². The number of azide groups is 1. The number of hydrogen-bond acceptors (Lipinski definition) is 11. The standard InChI is InChI=1S/C26H31N6O10P/c1-15(2)40-23(36)25(3,4)30-43(38,42-18-11-7-9-16-8-5-6-10-17(16)18)39-14-26(29-31-27)21(35)20(34)22(41-26)32-13-12-19(33)28-24(32)37/h5-13,15,20-22,34-35H,14H2,1-4H3,(H,30,38)(H,28,33,37)/t20-,21+,22-,26-,43?/m1/s1. The predicted molar refractivity (Wildman–Crippen MR) is 152 cm³/mol. The van der Waals surface area contributed by atoms with E-state index in [2.05, 4.69) is 15.1 Å². The van der Waals surface area contributed by atoms with Gasteiger partial charge in [0.15, 0.2) is 6.23 Å². The zero-order valence-corrected chi connectivity index (χ0v) is 24.5. The molecule has 1 fully saturated rings. The van der Waals surface area contributed by atoms with Gasteiger partial charge in [-0.1, -0.05) is 41.5 Å². The highest BCUT2D eigenvalue weighted by Crippen LogP contribution is 2.50. The molecule has 0 bridgehead atoms. The molecule has 1 saturated heterocycles. The molecule has 4 rings (SSSR count). The van der Waals surface area contributed by atoms with Crippen LogP contribution in [0.4, 0.5) is 0 Å². The van der Waals surface area contributed by atoms with Crippen LogP contribution in [0.1, 0.15) is 33.9 Å². The second kappa shape index (κ2) is 12.3. The molecule has 17 heteroatoms. The van der Waals surface area contributed by atoms with Crippen molar-refractivity contribution in [1.82, 2.24) is 14.6 Å². The lowest BCUT2D eigenvalue weighted by atomic mass is 10.1. The predicted octanol–water partition coefficient (Wildman–Crippen LogP) is 2.47. The van der Waals surface area contributed by atoms with E-state index in [1.165, 1.54) is 19.9 Å². The molecule has 0 aliphatic carbocycles. The summed E-state index contributed by atoms with van der Waals surface area (Å²) in [5.41, 5.74) is 3.49. The van der Waals surface area contributed by atoms with E-state index < -0.39 is 67.4 Å². The van der Waals surface area contributed by atoms with Gasteiger partial charge in [-0.05, 0) is 44.7 Å². The second-order valence-corrected chi connectivity index (χ2v) is 12.2. The van der Waals surface area contributed by atoms with E-state index in [4.69, 9.17) is 18.5 Å². The van der Waals surface area contributed by atoms with Crippen molar-refractivity contribution >= 4 is 24.5 Å². The van der Waals surface area contributed by atoms with E-state index in [1.54, 1.807) is 50.2 Å². The van der Waals surface area contributed by atoms with Crippen LogP contribution in [0, 0.1) is 0 Å². The minimum atomic E-state index is -4.66. The van der Waals surface area contributed by atoms with Crippen molar-refractivity contribution in [1.29, 1.82) is 0 Å². The monoisotopic (exact) mass is 618 g/mol. The summed E-state index contributed by atoms with van der Waals surface area (Å²) in [6.45, 7) is 5.04. The number of benzene rings is 2. The molecule has 0 saturated carbocycles. The Morgan fingerprint density at radius 2 is 1.93 bits per heavy atom. The number of hydrogen-bond donors (Lipinski definition) is 4. The average molecular weight is 619 g/mol. The Labute approximate surface area is 244 Å². The van der Waals surface area contributed by atoms with E-state index >= 15 is 0 Å². The van der Waals surface area contributed by atoms with Crippen molar-refractivity contribution in [2.75, 3.05) is 6.61 Å². The van der Waals surface area contributed by atoms with E-state index in [9.17, 15) is 34.7 Å². The molecule has 4 N–H and O–H groups in total. The number of esters is 1. The summed E-state index contributed by atoms with van der Waals surface area (Å²) in [5.74, 6) is -0.687. The number of aliphatic hydroxyl groups excluding tert-OH is 2. The third kappa shape index (κ3) is 6.81. The van der Waals surface area contributed by atoms with Crippen LogP contribution in [0.25, 0.3) is 21.2 Å². The first-order valence-corrected chi connectivity index (χ1v) is 14.6. The largest absolute Gasteiger partial charge is 0.462 e. The molecule has 0 spiro atoms. The molecule has 0 radical (unpaired) electrons. The van der Waals surface area contributed by atoms with Gasteiger partial charge >= 0.3 is 19.4 Å². The fourth-order valence-electron chi connectivity index (χ4n) is 4.34. The number of rotatable bonds is 11. The minimum Gasteiger partial charge on any atom is -0.462 e. The number of nitrogens with zero attached hydrogens (tertiary/aromatic N) is 4. The summed E-state index contributed by atoms with van der Waals surface area (Å²) in [5, 5.41) is 29.0. The Morgan fingerprint density at radius 1 is 1.23 bits per heavy atom. The summed E-state index contributed by atoms with van der Waals surface area (Å²) < 4.78 is 37.6. The maximum absolute atomic E-state index is 14.4. The minimum absolute atomic E-state index is 0.102. The highest BCUT2D eigenvalue weighted by Gasteiger charge is 2.57. The number of ether oxygens (including phenoxy) is 2. The second-order valence-electron chi connectivity index (χ2n) is 10.5. The molecule has 1 aliphatic rings. The molecule has 2 aromatic carbocycles. The number of aliphatic hydroxyl groups is 2. The van der Waals surface area contributed by atoms with Crippen LogP contribution in [-0.4, -0.2) is 61.9 Å². The average Bonchev–Trinajstić information content (AvgIpc) is 3.17. The van der Waals surface area contributed by atoms with Crippen molar-refractivity contribution in [3.63, 3.8) is 0 Å². The summed E-state index contributed by atoms with van der Waals surface area (Å²) in [7, 11) is -4.66. The fraction of sp³-hybridized carbons (Fsp3) is 0.423. The number of H-pyrrole nitrogens is 1. The Morgan fingerprint density at radius 3 is 2.60 bits per heavy atom. The van der Waals surface area contributed by atoms with Crippen LogP contribution in [0.3, 0.4) is 0 Å². The summed E-state index contributed by atoms with van der Waals surface area (Å²) in [4.78, 5) is 41.4. The van der Waals surface area contributed by atoms with E-state index in [0.29, 0.717) is 5.39 Å². The number of carbonyl (C=O) groups excluding carboxylic acids is 1. The van der Waals surface area contributed by atoms with E-state index in [0.717, 1.165) is 22.2 Å². The first-order chi connectivity index (χ1) is 20.2. The molecule has 1 aliphatic heterocycles. The van der Waals surface area contributed by atoms with Crippen molar-refractivity contribution < 1.29 is 38.1 Å². The van der Waals surface area contributed by atoms with E-state index in [-0.39, 0.29) is 5.75 Å². The molecule has 0 amide bonds. The summed E-state index contributed by atoms with van der Waals surface area (Å²) in [6, 6.07) is 13.0. The quantitative estimate of drug-likeness (QED) is 0.0802. The molecular formula is C26H31N6O10P. The van der Waals surface area contributed by atoms with Gasteiger partial charge in [-0.2, -0.15) is 5.09 Å². The van der Waals surface area contributed by atoms with Crippen molar-refractivity contribution in [2.24, 2.45) is 5.11 Å². The molecular weight excluding hydrogens is 587 g/mol. The Hall–Kier alpha value is -4.01. The fourth-order valence-corrected chi connectivity index (χ4v) is 6.05. The van der Waals surface area contributed by atoms with Crippen molar-refractivity contribution in [3.05, 3.63) is 86.0 Å². The maximum Gasteiger partial charge on any atom is 0.459 e. The molecule has 5 atom stereocenters. The number of aromatic nitrogens is 2. The first-order valence-electron chi connectivity index (χ1n) is 13.0. The highest BCUT2D eigenvalue weighted by atomic mass is 31.2. The lowest BCUT2D eigenvalue weighted by molar-refractivity contribution is -0.153. The lowest BCUT2D eigenvalue weighted by Gasteiger charge is -2.32. The van der Waals surface area contributed by atoms with Crippen molar-refractivity contribution in [3.8, 4) is 5.75 Å². The number of nitrogens with one attached hydrogen (secondary N) is 2. The molecule has 16 nitrogen and oxygen atoms in total. The molecule has 2 heterocycles. The van der Waals surface area contributed by atoms with Gasteiger partial charge in [-0.15, -0.1) is 0 Å². The first kappa shape index (κ1) is 31.9. The Bertz CT molecular complexity index is 1710. The SMILES string of the molecule is CC(C)OC(=O)C(C)(C)NP(=O)(OC[C@@]1(N=[N+]=[N-])O[C@@H](n2ccc(=O)[nH]c2=O)[C@H](O)[C@@H]1O)Oc1cccc2ccccc12.